The van der Waals surface area contributed by atoms with Gasteiger partial charge < -0.3 is 16.4 Å². The molecule has 4 N–H and O–H groups in total. The van der Waals surface area contributed by atoms with E-state index in [1.807, 2.05) is 37.3 Å². The van der Waals surface area contributed by atoms with Gasteiger partial charge >= 0.3 is 6.03 Å². The maximum atomic E-state index is 12.1. The number of hydrogen-bond acceptors (Lipinski definition) is 2. The van der Waals surface area contributed by atoms with Crippen LogP contribution < -0.4 is 16.4 Å². The summed E-state index contributed by atoms with van der Waals surface area (Å²) < 4.78 is 0. The van der Waals surface area contributed by atoms with E-state index in [2.05, 4.69) is 17.6 Å². The highest BCUT2D eigenvalue weighted by atomic mass is 16.2. The third kappa shape index (κ3) is 3.88. The van der Waals surface area contributed by atoms with Gasteiger partial charge in [-0.05, 0) is 54.8 Å². The van der Waals surface area contributed by atoms with Crippen LogP contribution in [-0.2, 0) is 6.42 Å². The average Bonchev–Trinajstić information content (AvgIpc) is 2.50. The van der Waals surface area contributed by atoms with Gasteiger partial charge in [0, 0.05) is 17.1 Å². The normalized spacial score (nSPS) is 10.6. The molecular weight excluding hydrogens is 274 g/mol. The van der Waals surface area contributed by atoms with E-state index in [0.29, 0.717) is 11.4 Å². The lowest BCUT2D eigenvalue weighted by Crippen LogP contribution is -2.20. The van der Waals surface area contributed by atoms with Gasteiger partial charge in [-0.3, -0.25) is 0 Å². The van der Waals surface area contributed by atoms with Crippen molar-refractivity contribution in [1.82, 2.24) is 0 Å². The molecule has 4 heteroatoms. The van der Waals surface area contributed by atoms with Crippen LogP contribution in [0.4, 0.5) is 21.9 Å². The Balaban J connectivity index is 2.14. The number of nitrogens with one attached hydrogen (secondary N) is 2. The van der Waals surface area contributed by atoms with Crippen LogP contribution in [0.3, 0.4) is 0 Å². The number of allylic oxidation sites excluding steroid dienone is 1. The van der Waals surface area contributed by atoms with E-state index < -0.39 is 0 Å². The second-order valence-corrected chi connectivity index (χ2v) is 4.93. The van der Waals surface area contributed by atoms with Crippen molar-refractivity contribution >= 4 is 29.2 Å². The zero-order valence-corrected chi connectivity index (χ0v) is 12.9. The first-order valence-electron chi connectivity index (χ1n) is 7.32. The Labute approximate surface area is 131 Å². The van der Waals surface area contributed by atoms with Crippen molar-refractivity contribution in [2.45, 2.75) is 20.3 Å². The number of nitrogen functional groups attached to an aromatic ring is 1. The van der Waals surface area contributed by atoms with Gasteiger partial charge in [0.2, 0.25) is 0 Å². The Bertz CT molecular complexity index is 675. The molecule has 2 aromatic rings. The quantitative estimate of drug-likeness (QED) is 0.726. The van der Waals surface area contributed by atoms with Gasteiger partial charge in [0.05, 0.1) is 0 Å². The van der Waals surface area contributed by atoms with Crippen LogP contribution in [0, 0.1) is 0 Å². The lowest BCUT2D eigenvalue weighted by Gasteiger charge is -2.13. The summed E-state index contributed by atoms with van der Waals surface area (Å²) in [7, 11) is 0. The summed E-state index contributed by atoms with van der Waals surface area (Å²) in [5.74, 6) is 0. The second-order valence-electron chi connectivity index (χ2n) is 4.93. The smallest absolute Gasteiger partial charge is 0.323 e. The van der Waals surface area contributed by atoms with Gasteiger partial charge in [-0.25, -0.2) is 4.79 Å². The van der Waals surface area contributed by atoms with Crippen molar-refractivity contribution in [2.75, 3.05) is 16.4 Å². The lowest BCUT2D eigenvalue weighted by molar-refractivity contribution is 0.262. The Hall–Kier alpha value is -2.75. The predicted molar refractivity (Wildman–Crippen MR) is 94.0 cm³/mol. The molecule has 0 unspecified atom stereocenters. The summed E-state index contributed by atoms with van der Waals surface area (Å²) in [6.45, 7) is 4.05. The molecule has 2 aromatic carbocycles. The van der Waals surface area contributed by atoms with E-state index in [1.165, 1.54) is 0 Å². The highest BCUT2D eigenvalue weighted by Gasteiger charge is 2.08. The maximum absolute atomic E-state index is 12.1. The van der Waals surface area contributed by atoms with E-state index in [9.17, 15) is 4.79 Å². The number of anilines is 3. The number of urea groups is 1. The lowest BCUT2D eigenvalue weighted by atomic mass is 10.0. The Morgan fingerprint density at radius 1 is 1.14 bits per heavy atom. The van der Waals surface area contributed by atoms with Gasteiger partial charge in [0.1, 0.15) is 0 Å². The largest absolute Gasteiger partial charge is 0.399 e. The predicted octanol–water partition coefficient (Wildman–Crippen LogP) is 4.51. The molecule has 0 saturated carbocycles. The molecule has 4 nitrogen and oxygen atoms in total. The monoisotopic (exact) mass is 295 g/mol. The molecule has 0 fully saturated rings. The molecule has 0 heterocycles. The minimum atomic E-state index is -0.267. The number of hydrogen-bond donors (Lipinski definition) is 3. The molecule has 0 aliphatic rings. The molecule has 2 rings (SSSR count). The van der Waals surface area contributed by atoms with Crippen molar-refractivity contribution in [1.29, 1.82) is 0 Å². The molecule has 0 bridgehead atoms. The maximum Gasteiger partial charge on any atom is 0.323 e. The number of nitrogens with two attached hydrogens (primary N) is 1. The fourth-order valence-electron chi connectivity index (χ4n) is 2.30. The summed E-state index contributed by atoms with van der Waals surface area (Å²) in [6.07, 6.45) is 4.88. The third-order valence-corrected chi connectivity index (χ3v) is 3.33. The van der Waals surface area contributed by atoms with Gasteiger partial charge in [-0.1, -0.05) is 31.2 Å². The molecule has 22 heavy (non-hydrogen) atoms. The number of benzene rings is 2. The van der Waals surface area contributed by atoms with Crippen molar-refractivity contribution in [3.8, 4) is 0 Å². The molecule has 114 valence electrons. The first-order chi connectivity index (χ1) is 10.6. The minimum absolute atomic E-state index is 0.267. The average molecular weight is 295 g/mol. The van der Waals surface area contributed by atoms with Crippen LogP contribution in [-0.4, -0.2) is 6.03 Å². The molecule has 0 atom stereocenters. The van der Waals surface area contributed by atoms with Crippen LogP contribution >= 0.6 is 0 Å². The van der Waals surface area contributed by atoms with E-state index in [-0.39, 0.29) is 6.03 Å². The van der Waals surface area contributed by atoms with Crippen molar-refractivity contribution in [3.63, 3.8) is 0 Å². The van der Waals surface area contributed by atoms with Crippen molar-refractivity contribution in [3.05, 3.63) is 59.7 Å². The van der Waals surface area contributed by atoms with Crippen molar-refractivity contribution < 1.29 is 4.79 Å². The highest BCUT2D eigenvalue weighted by molar-refractivity contribution is 6.00. The Morgan fingerprint density at radius 2 is 1.86 bits per heavy atom. The number of rotatable bonds is 4. The summed E-state index contributed by atoms with van der Waals surface area (Å²) in [4.78, 5) is 12.1. The fraction of sp³-hybridized carbons (Fsp3) is 0.167. The summed E-state index contributed by atoms with van der Waals surface area (Å²) in [5, 5.41) is 5.70. The molecule has 0 aliphatic heterocycles. The van der Waals surface area contributed by atoms with Gasteiger partial charge in [-0.2, -0.15) is 0 Å². The highest BCUT2D eigenvalue weighted by Crippen LogP contribution is 2.22. The number of carbonyl (C=O) groups is 1. The Kier molecular flexibility index (Phi) is 5.20. The van der Waals surface area contributed by atoms with E-state index >= 15 is 0 Å². The van der Waals surface area contributed by atoms with Crippen LogP contribution in [0.2, 0.25) is 0 Å². The standard InChI is InChI=1S/C18H21N3O/c1-3-6-13-7-5-8-17(16(13)4-2)21-18(22)20-15-11-9-14(19)10-12-15/h3,5-12H,4,19H2,1-2H3,(H2,20,21,22)/b6-3-. The molecule has 0 radical (unpaired) electrons. The van der Waals surface area contributed by atoms with Gasteiger partial charge in [0.15, 0.2) is 0 Å². The molecule has 0 saturated heterocycles. The third-order valence-electron chi connectivity index (χ3n) is 3.33. The van der Waals surface area contributed by atoms with Crippen LogP contribution in [0.5, 0.6) is 0 Å². The molecule has 0 aliphatic carbocycles. The number of amides is 2. The minimum Gasteiger partial charge on any atom is -0.399 e. The van der Waals surface area contributed by atoms with Crippen LogP contribution in [0.15, 0.2) is 48.5 Å². The molecule has 0 spiro atoms. The molecule has 0 aromatic heterocycles. The number of carbonyl (C=O) groups excluding carboxylic acids is 1. The summed E-state index contributed by atoms with van der Waals surface area (Å²) in [5.41, 5.74) is 10.1. The molecular formula is C18H21N3O. The zero-order valence-electron chi connectivity index (χ0n) is 12.9. The topological polar surface area (TPSA) is 67.2 Å². The SMILES string of the molecule is C/C=C\c1cccc(NC(=O)Nc2ccc(N)cc2)c1CC. The van der Waals surface area contributed by atoms with Crippen molar-refractivity contribution in [2.24, 2.45) is 0 Å². The molecule has 2 amide bonds. The Morgan fingerprint density at radius 3 is 2.50 bits per heavy atom. The summed E-state index contributed by atoms with van der Waals surface area (Å²) in [6, 6.07) is 12.7. The first-order valence-corrected chi connectivity index (χ1v) is 7.32. The van der Waals surface area contributed by atoms with Crippen LogP contribution in [0.1, 0.15) is 25.0 Å². The van der Waals surface area contributed by atoms with E-state index in [0.717, 1.165) is 23.2 Å². The van der Waals surface area contributed by atoms with Crippen LogP contribution in [0.25, 0.3) is 6.08 Å². The zero-order chi connectivity index (χ0) is 15.9. The van der Waals surface area contributed by atoms with Gasteiger partial charge in [-0.15, -0.1) is 0 Å². The second kappa shape index (κ2) is 7.31. The van der Waals surface area contributed by atoms with E-state index in [1.54, 1.807) is 24.3 Å². The fourth-order valence-corrected chi connectivity index (χ4v) is 2.30. The summed E-state index contributed by atoms with van der Waals surface area (Å²) >= 11 is 0. The first kappa shape index (κ1) is 15.6. The van der Waals surface area contributed by atoms with Gasteiger partial charge in [0.25, 0.3) is 0 Å². The van der Waals surface area contributed by atoms with E-state index in [4.69, 9.17) is 5.73 Å².